The molecule has 2 aliphatic rings. The minimum atomic E-state index is 0.357. The maximum absolute atomic E-state index is 5.55. The molecule has 0 aliphatic carbocycles. The lowest BCUT2D eigenvalue weighted by Crippen LogP contribution is -2.42. The topological polar surface area (TPSA) is 43.4 Å². The molecular weight excluding hydrogens is 404 g/mol. The molecule has 2 aromatic rings. The average molecular weight is 441 g/mol. The highest BCUT2D eigenvalue weighted by atomic mass is 16.5. The smallest absolute Gasteiger partial charge is 0.161 e. The van der Waals surface area contributed by atoms with Crippen LogP contribution in [0.25, 0.3) is 0 Å². The Hall–Kier alpha value is -2.44. The molecule has 0 aromatic heterocycles. The zero-order valence-corrected chi connectivity index (χ0v) is 20.2. The summed E-state index contributed by atoms with van der Waals surface area (Å²) in [5.74, 6) is 3.26. The van der Waals surface area contributed by atoms with Gasteiger partial charge in [-0.15, -0.1) is 0 Å². The van der Waals surface area contributed by atoms with Crippen molar-refractivity contribution < 1.29 is 18.9 Å². The van der Waals surface area contributed by atoms with Crippen molar-refractivity contribution in [3.63, 3.8) is 0 Å². The Morgan fingerprint density at radius 2 is 0.969 bits per heavy atom. The number of fused-ring (bicyclic) bond motifs is 2. The van der Waals surface area contributed by atoms with Gasteiger partial charge in [-0.05, 0) is 73.2 Å². The van der Waals surface area contributed by atoms with E-state index in [0.717, 1.165) is 62.0 Å². The van der Waals surface area contributed by atoms with Crippen molar-refractivity contribution in [2.24, 2.45) is 0 Å². The first-order valence-corrected chi connectivity index (χ1v) is 11.5. The third-order valence-corrected chi connectivity index (χ3v) is 7.30. The van der Waals surface area contributed by atoms with Crippen LogP contribution in [0.1, 0.15) is 48.2 Å². The summed E-state index contributed by atoms with van der Waals surface area (Å²) in [5.41, 5.74) is 5.44. The van der Waals surface area contributed by atoms with Gasteiger partial charge in [-0.2, -0.15) is 0 Å². The van der Waals surface area contributed by atoms with Gasteiger partial charge in [-0.3, -0.25) is 9.80 Å². The van der Waals surface area contributed by atoms with Crippen LogP contribution in [0.15, 0.2) is 24.3 Å². The minimum Gasteiger partial charge on any atom is -0.493 e. The summed E-state index contributed by atoms with van der Waals surface area (Å²) >= 11 is 0. The number of ether oxygens (including phenoxy) is 4. The second-order valence-electron chi connectivity index (χ2n) is 8.74. The van der Waals surface area contributed by atoms with Gasteiger partial charge >= 0.3 is 0 Å². The largest absolute Gasteiger partial charge is 0.493 e. The van der Waals surface area contributed by atoms with E-state index in [9.17, 15) is 0 Å². The SMILES string of the molecule is COc1cc2c(cc1OC)[C@@H](C)N(CCN1CCc3cc(OC)c(OC)cc3[C@@H]1C)CC2. The van der Waals surface area contributed by atoms with Gasteiger partial charge in [-0.1, -0.05) is 0 Å². The maximum Gasteiger partial charge on any atom is 0.161 e. The van der Waals surface area contributed by atoms with Crippen LogP contribution >= 0.6 is 0 Å². The van der Waals surface area contributed by atoms with E-state index < -0.39 is 0 Å². The van der Waals surface area contributed by atoms with Crippen molar-refractivity contribution in [3.05, 3.63) is 46.5 Å². The third-order valence-electron chi connectivity index (χ3n) is 7.30. The molecule has 2 aromatic carbocycles. The zero-order chi connectivity index (χ0) is 22.8. The summed E-state index contributed by atoms with van der Waals surface area (Å²) < 4.78 is 22.1. The van der Waals surface area contributed by atoms with Gasteiger partial charge in [0.05, 0.1) is 28.4 Å². The minimum absolute atomic E-state index is 0.357. The molecule has 0 saturated carbocycles. The Morgan fingerprint density at radius 3 is 1.31 bits per heavy atom. The van der Waals surface area contributed by atoms with Crippen LogP contribution in [-0.4, -0.2) is 64.4 Å². The van der Waals surface area contributed by atoms with Gasteiger partial charge < -0.3 is 18.9 Å². The first-order valence-electron chi connectivity index (χ1n) is 11.5. The number of nitrogens with zero attached hydrogens (tertiary/aromatic N) is 2. The molecule has 2 aliphatic heterocycles. The van der Waals surface area contributed by atoms with Gasteiger partial charge in [0.2, 0.25) is 0 Å². The average Bonchev–Trinajstić information content (AvgIpc) is 2.83. The predicted octanol–water partition coefficient (Wildman–Crippen LogP) is 4.26. The molecule has 2 heterocycles. The number of hydrogen-bond donors (Lipinski definition) is 0. The highest BCUT2D eigenvalue weighted by Gasteiger charge is 2.29. The predicted molar refractivity (Wildman–Crippen MR) is 126 cm³/mol. The molecule has 0 N–H and O–H groups in total. The van der Waals surface area contributed by atoms with Crippen LogP contribution < -0.4 is 18.9 Å². The number of rotatable bonds is 7. The van der Waals surface area contributed by atoms with E-state index in [1.807, 2.05) is 0 Å². The van der Waals surface area contributed by atoms with Crippen LogP contribution in [0.4, 0.5) is 0 Å². The molecule has 0 spiro atoms. The molecule has 0 saturated heterocycles. The fourth-order valence-electron chi connectivity index (χ4n) is 5.26. The second kappa shape index (κ2) is 9.59. The van der Waals surface area contributed by atoms with Gasteiger partial charge in [0.1, 0.15) is 0 Å². The fourth-order valence-corrected chi connectivity index (χ4v) is 5.26. The lowest BCUT2D eigenvalue weighted by Gasteiger charge is -2.40. The molecule has 6 nitrogen and oxygen atoms in total. The maximum atomic E-state index is 5.55. The van der Waals surface area contributed by atoms with Crippen molar-refractivity contribution in [1.82, 2.24) is 9.80 Å². The fraction of sp³-hybridized carbons (Fsp3) is 0.538. The molecule has 2 atom stereocenters. The van der Waals surface area contributed by atoms with Crippen LogP contribution in [0, 0.1) is 0 Å². The highest BCUT2D eigenvalue weighted by molar-refractivity contribution is 5.50. The monoisotopic (exact) mass is 440 g/mol. The summed E-state index contributed by atoms with van der Waals surface area (Å²) in [5, 5.41) is 0. The van der Waals surface area contributed by atoms with E-state index in [0.29, 0.717) is 12.1 Å². The molecule has 0 fully saturated rings. The Labute approximate surface area is 192 Å². The van der Waals surface area contributed by atoms with Crippen molar-refractivity contribution in [3.8, 4) is 23.0 Å². The van der Waals surface area contributed by atoms with E-state index in [1.54, 1.807) is 28.4 Å². The molecule has 0 bridgehead atoms. The van der Waals surface area contributed by atoms with E-state index in [4.69, 9.17) is 18.9 Å². The number of methoxy groups -OCH3 is 4. The summed E-state index contributed by atoms with van der Waals surface area (Å²) in [4.78, 5) is 5.18. The molecule has 6 heteroatoms. The Morgan fingerprint density at radius 1 is 0.625 bits per heavy atom. The van der Waals surface area contributed by atoms with Crippen LogP contribution in [0.3, 0.4) is 0 Å². The van der Waals surface area contributed by atoms with E-state index in [2.05, 4.69) is 47.9 Å². The summed E-state index contributed by atoms with van der Waals surface area (Å²) in [7, 11) is 6.81. The van der Waals surface area contributed by atoms with Crippen LogP contribution in [0.2, 0.25) is 0 Å². The van der Waals surface area contributed by atoms with Gasteiger partial charge in [-0.25, -0.2) is 0 Å². The number of hydrogen-bond acceptors (Lipinski definition) is 6. The van der Waals surface area contributed by atoms with Gasteiger partial charge in [0, 0.05) is 38.3 Å². The van der Waals surface area contributed by atoms with E-state index in [1.165, 1.54) is 22.3 Å². The van der Waals surface area contributed by atoms with Crippen molar-refractivity contribution in [1.29, 1.82) is 0 Å². The Balaban J connectivity index is 1.46. The Bertz CT molecular complexity index is 884. The molecular formula is C26H36N2O4. The summed E-state index contributed by atoms with van der Waals surface area (Å²) in [6, 6.07) is 9.32. The first kappa shape index (κ1) is 22.7. The van der Waals surface area contributed by atoms with Crippen molar-refractivity contribution in [2.45, 2.75) is 38.8 Å². The molecule has 0 unspecified atom stereocenters. The third kappa shape index (κ3) is 4.14. The summed E-state index contributed by atoms with van der Waals surface area (Å²) in [6.07, 6.45) is 2.07. The van der Waals surface area contributed by atoms with E-state index >= 15 is 0 Å². The molecule has 32 heavy (non-hydrogen) atoms. The van der Waals surface area contributed by atoms with Crippen LogP contribution in [0.5, 0.6) is 23.0 Å². The van der Waals surface area contributed by atoms with Crippen LogP contribution in [-0.2, 0) is 12.8 Å². The van der Waals surface area contributed by atoms with Gasteiger partial charge in [0.25, 0.3) is 0 Å². The lowest BCUT2D eigenvalue weighted by molar-refractivity contribution is 0.133. The number of benzene rings is 2. The summed E-state index contributed by atoms with van der Waals surface area (Å²) in [6.45, 7) is 8.82. The standard InChI is InChI=1S/C26H36N2O4/c1-17-21-15-25(31-5)23(29-3)13-19(21)7-9-27(17)11-12-28-10-8-20-14-24(30-4)26(32-6)16-22(20)18(28)2/h13-18H,7-12H2,1-6H3/t17-,18+. The first-order chi connectivity index (χ1) is 15.5. The zero-order valence-electron chi connectivity index (χ0n) is 20.2. The molecule has 0 amide bonds. The highest BCUT2D eigenvalue weighted by Crippen LogP contribution is 2.39. The lowest BCUT2D eigenvalue weighted by atomic mass is 9.92. The van der Waals surface area contributed by atoms with E-state index in [-0.39, 0.29) is 0 Å². The molecule has 174 valence electrons. The van der Waals surface area contributed by atoms with Crippen molar-refractivity contribution >= 4 is 0 Å². The van der Waals surface area contributed by atoms with Gasteiger partial charge in [0.15, 0.2) is 23.0 Å². The Kier molecular flexibility index (Phi) is 6.82. The normalized spacial score (nSPS) is 20.9. The van der Waals surface area contributed by atoms with Crippen molar-refractivity contribution in [2.75, 3.05) is 54.6 Å². The quantitative estimate of drug-likeness (QED) is 0.641. The molecule has 4 rings (SSSR count). The molecule has 0 radical (unpaired) electrons. The second-order valence-corrected chi connectivity index (χ2v) is 8.74.